The van der Waals surface area contributed by atoms with Crippen LogP contribution in [0.5, 0.6) is 0 Å². The van der Waals surface area contributed by atoms with Gasteiger partial charge in [-0.25, -0.2) is 14.4 Å². The minimum atomic E-state index is -0.614. The molecule has 1 amide bonds. The molecule has 0 saturated heterocycles. The summed E-state index contributed by atoms with van der Waals surface area (Å²) in [5.74, 6) is -1.00. The van der Waals surface area contributed by atoms with Gasteiger partial charge in [-0.1, -0.05) is 54.6 Å². The molecule has 0 atom stereocenters. The average molecular weight is 484 g/mol. The molecule has 0 aliphatic rings. The van der Waals surface area contributed by atoms with E-state index in [1.165, 1.54) is 30.1 Å². The zero-order valence-electron chi connectivity index (χ0n) is 17.8. The topological polar surface area (TPSA) is 85.1 Å². The molecule has 2 aromatic heterocycles. The lowest BCUT2D eigenvalue weighted by molar-refractivity contribution is 0.101. The Hall–Kier alpha value is -3.23. The molecule has 33 heavy (non-hydrogen) atoms. The number of thioether (sulfide) groups is 1. The highest BCUT2D eigenvalue weighted by molar-refractivity contribution is 7.99. The number of aromatic nitrogens is 2. The number of rotatable bonds is 7. The van der Waals surface area contributed by atoms with Gasteiger partial charge in [-0.05, 0) is 37.1 Å². The Morgan fingerprint density at radius 3 is 2.76 bits per heavy atom. The Kier molecular flexibility index (Phi) is 6.76. The highest BCUT2D eigenvalue weighted by Crippen LogP contribution is 2.33. The van der Waals surface area contributed by atoms with E-state index in [2.05, 4.69) is 15.3 Å². The van der Waals surface area contributed by atoms with E-state index in [0.717, 1.165) is 18.2 Å². The summed E-state index contributed by atoms with van der Waals surface area (Å²) in [6.07, 6.45) is 2.29. The summed E-state index contributed by atoms with van der Waals surface area (Å²) < 4.78 is 19.9. The molecule has 0 saturated carbocycles. The quantitative estimate of drug-likeness (QED) is 0.188. The van der Waals surface area contributed by atoms with Crippen LogP contribution in [-0.2, 0) is 0 Å². The van der Waals surface area contributed by atoms with Crippen molar-refractivity contribution in [3.05, 3.63) is 82.1 Å². The number of furan rings is 1. The van der Waals surface area contributed by atoms with Crippen molar-refractivity contribution in [1.29, 1.82) is 0 Å². The molecular formula is C24H19ClFN3O3S. The van der Waals surface area contributed by atoms with E-state index in [4.69, 9.17) is 16.0 Å². The monoisotopic (exact) mass is 483 g/mol. The number of para-hydroxylation sites is 1. The average Bonchev–Trinajstić information content (AvgIpc) is 3.18. The molecule has 4 aromatic rings. The first-order valence-corrected chi connectivity index (χ1v) is 11.5. The van der Waals surface area contributed by atoms with Gasteiger partial charge in [0.05, 0.1) is 16.9 Å². The first kappa shape index (κ1) is 22.9. The van der Waals surface area contributed by atoms with Crippen molar-refractivity contribution < 1.29 is 18.4 Å². The molecule has 0 aliphatic heterocycles. The zero-order chi connectivity index (χ0) is 23.5. The van der Waals surface area contributed by atoms with Crippen LogP contribution in [0.4, 0.5) is 10.1 Å². The molecule has 0 radical (unpaired) electrons. The second-order valence-electron chi connectivity index (χ2n) is 7.25. The molecule has 0 fully saturated rings. The first-order chi connectivity index (χ1) is 15.9. The molecule has 2 heterocycles. The Morgan fingerprint density at radius 2 is 2.00 bits per heavy atom. The minimum Gasteiger partial charge on any atom is -0.450 e. The largest absolute Gasteiger partial charge is 0.450 e. The van der Waals surface area contributed by atoms with Crippen LogP contribution in [0.25, 0.3) is 11.0 Å². The molecule has 9 heteroatoms. The summed E-state index contributed by atoms with van der Waals surface area (Å²) in [6, 6.07) is 11.1. The van der Waals surface area contributed by atoms with Crippen molar-refractivity contribution in [3.8, 4) is 0 Å². The fourth-order valence-corrected chi connectivity index (χ4v) is 3.99. The fourth-order valence-electron chi connectivity index (χ4n) is 3.14. The number of hydrogen-bond acceptors (Lipinski definition) is 6. The third-order valence-corrected chi connectivity index (χ3v) is 6.19. The number of benzene rings is 2. The van der Waals surface area contributed by atoms with Crippen LogP contribution in [0.1, 0.15) is 45.5 Å². The standard InChI is InChI=1S/C24H19ClFN3O3S/c1-3-10-33-24-27-12-16(25)20(29-24)23(31)28-19-15-6-4-5-7-18(15)32-22(19)21(30)14-9-8-13(2)17(26)11-14/h4-9,11-12H,3,10H2,1-2H3,(H,28,31). The number of nitrogens with one attached hydrogen (secondary N) is 1. The van der Waals surface area contributed by atoms with Crippen LogP contribution < -0.4 is 5.32 Å². The number of carbonyl (C=O) groups excluding carboxylic acids is 2. The van der Waals surface area contributed by atoms with Gasteiger partial charge in [-0.2, -0.15) is 0 Å². The van der Waals surface area contributed by atoms with Crippen LogP contribution in [0, 0.1) is 12.7 Å². The summed E-state index contributed by atoms with van der Waals surface area (Å²) in [7, 11) is 0. The molecule has 0 bridgehead atoms. The third-order valence-electron chi connectivity index (χ3n) is 4.85. The van der Waals surface area contributed by atoms with Crippen LogP contribution in [-0.4, -0.2) is 27.4 Å². The van der Waals surface area contributed by atoms with E-state index in [1.807, 2.05) is 6.92 Å². The second-order valence-corrected chi connectivity index (χ2v) is 8.72. The lowest BCUT2D eigenvalue weighted by atomic mass is 10.0. The van der Waals surface area contributed by atoms with Crippen LogP contribution in [0.2, 0.25) is 5.02 Å². The van der Waals surface area contributed by atoms with Crippen molar-refractivity contribution >= 4 is 51.7 Å². The van der Waals surface area contributed by atoms with Gasteiger partial charge in [0.25, 0.3) is 5.91 Å². The number of nitrogens with zero attached hydrogens (tertiary/aromatic N) is 2. The highest BCUT2D eigenvalue weighted by Gasteiger charge is 2.25. The van der Waals surface area contributed by atoms with Gasteiger partial charge in [-0.3, -0.25) is 9.59 Å². The smallest absolute Gasteiger partial charge is 0.276 e. The number of carbonyl (C=O) groups is 2. The molecule has 0 aliphatic carbocycles. The van der Waals surface area contributed by atoms with Gasteiger partial charge in [-0.15, -0.1) is 0 Å². The van der Waals surface area contributed by atoms with Gasteiger partial charge >= 0.3 is 0 Å². The van der Waals surface area contributed by atoms with E-state index in [-0.39, 0.29) is 27.7 Å². The maximum Gasteiger partial charge on any atom is 0.276 e. The van der Waals surface area contributed by atoms with Crippen molar-refractivity contribution in [1.82, 2.24) is 9.97 Å². The molecule has 0 unspecified atom stereocenters. The van der Waals surface area contributed by atoms with Gasteiger partial charge in [0, 0.05) is 16.7 Å². The highest BCUT2D eigenvalue weighted by atomic mass is 35.5. The number of halogens is 2. The van der Waals surface area contributed by atoms with Gasteiger partial charge in [0.1, 0.15) is 11.4 Å². The zero-order valence-corrected chi connectivity index (χ0v) is 19.4. The SMILES string of the molecule is CCCSc1ncc(Cl)c(C(=O)Nc2c(C(=O)c3ccc(C)c(F)c3)oc3ccccc23)n1. The lowest BCUT2D eigenvalue weighted by Crippen LogP contribution is -2.17. The molecule has 0 spiro atoms. The third kappa shape index (κ3) is 4.77. The summed E-state index contributed by atoms with van der Waals surface area (Å²) in [4.78, 5) is 34.7. The Bertz CT molecular complexity index is 1370. The van der Waals surface area contributed by atoms with Crippen molar-refractivity contribution in [3.63, 3.8) is 0 Å². The maximum absolute atomic E-state index is 14.1. The van der Waals surface area contributed by atoms with Crippen LogP contribution in [0.15, 0.2) is 58.2 Å². The summed E-state index contributed by atoms with van der Waals surface area (Å²) in [5, 5.41) is 3.74. The molecule has 6 nitrogen and oxygen atoms in total. The Labute approximate surface area is 198 Å². The van der Waals surface area contributed by atoms with Crippen LogP contribution >= 0.6 is 23.4 Å². The number of fused-ring (bicyclic) bond motifs is 1. The maximum atomic E-state index is 14.1. The van der Waals surface area contributed by atoms with Crippen LogP contribution in [0.3, 0.4) is 0 Å². The van der Waals surface area contributed by atoms with Crippen molar-refractivity contribution in [2.24, 2.45) is 0 Å². The normalized spacial score (nSPS) is 11.0. The lowest BCUT2D eigenvalue weighted by Gasteiger charge is -2.08. The predicted molar refractivity (Wildman–Crippen MR) is 127 cm³/mol. The predicted octanol–water partition coefficient (Wildman–Crippen LogP) is 6.31. The van der Waals surface area contributed by atoms with E-state index < -0.39 is 17.5 Å². The molecular weight excluding hydrogens is 465 g/mol. The van der Waals surface area contributed by atoms with Crippen molar-refractivity contribution in [2.45, 2.75) is 25.4 Å². The van der Waals surface area contributed by atoms with Gasteiger partial charge < -0.3 is 9.73 Å². The van der Waals surface area contributed by atoms with Gasteiger partial charge in [0.2, 0.25) is 5.78 Å². The van der Waals surface area contributed by atoms with E-state index >= 15 is 0 Å². The summed E-state index contributed by atoms with van der Waals surface area (Å²) in [6.45, 7) is 3.63. The first-order valence-electron chi connectivity index (χ1n) is 10.2. The minimum absolute atomic E-state index is 0.0182. The number of anilines is 1. The molecule has 2 aromatic carbocycles. The molecule has 1 N–H and O–H groups in total. The summed E-state index contributed by atoms with van der Waals surface area (Å²) >= 11 is 7.60. The molecule has 4 rings (SSSR count). The van der Waals surface area contributed by atoms with Gasteiger partial charge in [0.15, 0.2) is 16.6 Å². The number of ketones is 1. The molecule has 168 valence electrons. The number of hydrogen-bond donors (Lipinski definition) is 1. The van der Waals surface area contributed by atoms with E-state index in [1.54, 1.807) is 31.2 Å². The number of amides is 1. The Balaban J connectivity index is 1.74. The fraction of sp³-hybridized carbons (Fsp3) is 0.167. The van der Waals surface area contributed by atoms with E-state index in [0.29, 0.717) is 21.7 Å². The van der Waals surface area contributed by atoms with Crippen molar-refractivity contribution in [2.75, 3.05) is 11.1 Å². The summed E-state index contributed by atoms with van der Waals surface area (Å²) in [5.41, 5.74) is 1.07. The number of aryl methyl sites for hydroxylation is 1. The van der Waals surface area contributed by atoms with E-state index in [9.17, 15) is 14.0 Å². The Morgan fingerprint density at radius 1 is 1.21 bits per heavy atom. The second kappa shape index (κ2) is 9.72.